The normalized spacial score (nSPS) is 10.6. The van der Waals surface area contributed by atoms with Crippen molar-refractivity contribution < 1.29 is 19.2 Å². The fourth-order valence-corrected chi connectivity index (χ4v) is 3.31. The molecule has 0 saturated heterocycles. The number of carbonyl (C=O) groups excluding carboxylic acids is 1. The minimum absolute atomic E-state index is 0.128. The molecule has 35 heavy (non-hydrogen) atoms. The van der Waals surface area contributed by atoms with Gasteiger partial charge in [-0.05, 0) is 56.2 Å². The third-order valence-corrected chi connectivity index (χ3v) is 5.19. The van der Waals surface area contributed by atoms with E-state index < -0.39 is 10.8 Å². The Morgan fingerprint density at radius 1 is 0.971 bits per heavy atom. The van der Waals surface area contributed by atoms with E-state index in [2.05, 4.69) is 10.4 Å². The number of hydrogen-bond donors (Lipinski definition) is 1. The zero-order chi connectivity index (χ0) is 24.9. The van der Waals surface area contributed by atoms with E-state index >= 15 is 0 Å². The Labute approximate surface area is 202 Å². The van der Waals surface area contributed by atoms with Crippen molar-refractivity contribution in [3.05, 3.63) is 105 Å². The minimum atomic E-state index is -0.545. The molecule has 0 aliphatic rings. The summed E-state index contributed by atoms with van der Waals surface area (Å²) in [5.74, 6) is 0.975. The van der Waals surface area contributed by atoms with Gasteiger partial charge in [-0.15, -0.1) is 0 Å². The summed E-state index contributed by atoms with van der Waals surface area (Å²) in [6, 6.07) is 18.8. The first-order valence-corrected chi connectivity index (χ1v) is 10.9. The average Bonchev–Trinajstić information content (AvgIpc) is 3.30. The fraction of sp³-hybridized carbons (Fsp3) is 0.154. The van der Waals surface area contributed by atoms with Crippen LogP contribution >= 0.6 is 0 Å². The van der Waals surface area contributed by atoms with E-state index in [1.165, 1.54) is 22.9 Å². The lowest BCUT2D eigenvalue weighted by atomic mass is 10.1. The number of nitro benzene ring substituents is 1. The highest BCUT2D eigenvalue weighted by molar-refractivity contribution is 6.03. The maximum Gasteiger partial charge on any atom is 0.276 e. The lowest BCUT2D eigenvalue weighted by Crippen LogP contribution is -2.14. The fourth-order valence-electron chi connectivity index (χ4n) is 3.31. The van der Waals surface area contributed by atoms with Crippen molar-refractivity contribution in [3.8, 4) is 17.2 Å². The second kappa shape index (κ2) is 10.1. The summed E-state index contributed by atoms with van der Waals surface area (Å²) >= 11 is 0. The molecule has 0 radical (unpaired) electrons. The Kier molecular flexibility index (Phi) is 6.77. The van der Waals surface area contributed by atoms with Gasteiger partial charge >= 0.3 is 0 Å². The number of non-ortho nitro benzene ring substituents is 1. The maximum atomic E-state index is 12.8. The quantitative estimate of drug-likeness (QED) is 0.257. The van der Waals surface area contributed by atoms with Crippen LogP contribution in [0, 0.1) is 30.9 Å². The van der Waals surface area contributed by atoms with Crippen molar-refractivity contribution in [2.24, 2.45) is 0 Å². The Balaban J connectivity index is 1.46. The lowest BCUT2D eigenvalue weighted by molar-refractivity contribution is -0.384. The molecule has 0 saturated carbocycles. The Hall–Kier alpha value is -4.66. The molecule has 0 spiro atoms. The molecule has 3 aromatic carbocycles. The van der Waals surface area contributed by atoms with Gasteiger partial charge in [-0.1, -0.05) is 29.8 Å². The molecule has 0 aliphatic carbocycles. The third kappa shape index (κ3) is 6.02. The second-order valence-electron chi connectivity index (χ2n) is 8.12. The van der Waals surface area contributed by atoms with E-state index in [0.29, 0.717) is 5.75 Å². The van der Waals surface area contributed by atoms with Crippen LogP contribution in [-0.4, -0.2) is 20.6 Å². The standard InChI is InChI=1S/C26H24N4O5/c1-17-5-8-22(9-6-17)35-23-14-20(13-21(15-23)30(32)33)27-26(31)24-10-11-29(28-24)16-34-25-12-18(2)4-7-19(25)3/h4-15H,16H2,1-3H3,(H,27,31). The molecule has 0 aliphatic heterocycles. The molecule has 1 amide bonds. The number of nitrogens with one attached hydrogen (secondary N) is 1. The van der Waals surface area contributed by atoms with Crippen LogP contribution in [0.25, 0.3) is 0 Å². The summed E-state index contributed by atoms with van der Waals surface area (Å²) in [6.45, 7) is 6.01. The van der Waals surface area contributed by atoms with Crippen LogP contribution < -0.4 is 14.8 Å². The summed E-state index contributed by atoms with van der Waals surface area (Å²) in [5.41, 5.74) is 3.28. The molecule has 0 unspecified atom stereocenters. The van der Waals surface area contributed by atoms with E-state index in [0.717, 1.165) is 22.4 Å². The number of carbonyl (C=O) groups is 1. The maximum absolute atomic E-state index is 12.8. The molecule has 178 valence electrons. The molecule has 1 heterocycles. The van der Waals surface area contributed by atoms with Crippen LogP contribution in [0.3, 0.4) is 0 Å². The van der Waals surface area contributed by atoms with Crippen LogP contribution in [0.4, 0.5) is 11.4 Å². The van der Waals surface area contributed by atoms with Crippen LogP contribution in [0.15, 0.2) is 72.9 Å². The highest BCUT2D eigenvalue weighted by atomic mass is 16.6. The van der Waals surface area contributed by atoms with Crippen molar-refractivity contribution in [2.75, 3.05) is 5.32 Å². The molecule has 0 fully saturated rings. The number of anilines is 1. The Bertz CT molecular complexity index is 1380. The van der Waals surface area contributed by atoms with E-state index in [4.69, 9.17) is 9.47 Å². The predicted octanol–water partition coefficient (Wildman–Crippen LogP) is 5.80. The van der Waals surface area contributed by atoms with Gasteiger partial charge in [0.2, 0.25) is 0 Å². The van der Waals surface area contributed by atoms with Crippen molar-refractivity contribution >= 4 is 17.3 Å². The number of nitrogens with zero attached hydrogens (tertiary/aromatic N) is 3. The Morgan fingerprint density at radius 3 is 2.46 bits per heavy atom. The van der Waals surface area contributed by atoms with Crippen molar-refractivity contribution in [1.29, 1.82) is 0 Å². The molecule has 9 heteroatoms. The Morgan fingerprint density at radius 2 is 1.71 bits per heavy atom. The van der Waals surface area contributed by atoms with E-state index in [1.807, 2.05) is 51.1 Å². The van der Waals surface area contributed by atoms with Gasteiger partial charge in [0.05, 0.1) is 16.7 Å². The average molecular weight is 473 g/mol. The van der Waals surface area contributed by atoms with Gasteiger partial charge in [-0.2, -0.15) is 5.10 Å². The number of rotatable bonds is 8. The first-order valence-electron chi connectivity index (χ1n) is 10.9. The molecular weight excluding hydrogens is 448 g/mol. The first-order chi connectivity index (χ1) is 16.8. The number of benzene rings is 3. The number of hydrogen-bond acceptors (Lipinski definition) is 6. The number of aryl methyl sites for hydroxylation is 3. The zero-order valence-electron chi connectivity index (χ0n) is 19.5. The topological polar surface area (TPSA) is 109 Å². The van der Waals surface area contributed by atoms with Gasteiger partial charge in [0, 0.05) is 18.3 Å². The van der Waals surface area contributed by atoms with Gasteiger partial charge in [0.1, 0.15) is 17.2 Å². The lowest BCUT2D eigenvalue weighted by Gasteiger charge is -2.10. The van der Waals surface area contributed by atoms with Crippen LogP contribution in [-0.2, 0) is 6.73 Å². The predicted molar refractivity (Wildman–Crippen MR) is 131 cm³/mol. The molecule has 9 nitrogen and oxygen atoms in total. The zero-order valence-corrected chi connectivity index (χ0v) is 19.5. The third-order valence-electron chi connectivity index (χ3n) is 5.19. The van der Waals surface area contributed by atoms with E-state index in [-0.39, 0.29) is 29.5 Å². The number of ether oxygens (including phenoxy) is 2. The minimum Gasteiger partial charge on any atom is -0.471 e. The molecule has 4 aromatic rings. The molecule has 4 rings (SSSR count). The molecule has 1 N–H and O–H groups in total. The van der Waals surface area contributed by atoms with Gasteiger partial charge in [0.15, 0.2) is 12.4 Å². The van der Waals surface area contributed by atoms with Crippen molar-refractivity contribution in [3.63, 3.8) is 0 Å². The highest BCUT2D eigenvalue weighted by Crippen LogP contribution is 2.30. The number of nitro groups is 1. The number of aromatic nitrogens is 2. The van der Waals surface area contributed by atoms with E-state index in [1.54, 1.807) is 24.4 Å². The van der Waals surface area contributed by atoms with Gasteiger partial charge in [-0.3, -0.25) is 14.9 Å². The summed E-state index contributed by atoms with van der Waals surface area (Å²) in [7, 11) is 0. The SMILES string of the molecule is Cc1ccc(Oc2cc(NC(=O)c3ccn(COc4cc(C)ccc4C)n3)cc([N+](=O)[O-])c2)cc1. The van der Waals surface area contributed by atoms with Gasteiger partial charge in [0.25, 0.3) is 11.6 Å². The second-order valence-corrected chi connectivity index (χ2v) is 8.12. The van der Waals surface area contributed by atoms with Crippen molar-refractivity contribution in [1.82, 2.24) is 9.78 Å². The first kappa shape index (κ1) is 23.5. The molecule has 0 bridgehead atoms. The highest BCUT2D eigenvalue weighted by Gasteiger charge is 2.16. The van der Waals surface area contributed by atoms with Crippen LogP contribution in [0.2, 0.25) is 0 Å². The summed E-state index contributed by atoms with van der Waals surface area (Å²) in [4.78, 5) is 23.6. The summed E-state index contributed by atoms with van der Waals surface area (Å²) in [6.07, 6.45) is 1.62. The van der Waals surface area contributed by atoms with Crippen molar-refractivity contribution in [2.45, 2.75) is 27.5 Å². The summed E-state index contributed by atoms with van der Waals surface area (Å²) < 4.78 is 13.1. The van der Waals surface area contributed by atoms with Gasteiger partial charge in [-0.25, -0.2) is 4.68 Å². The van der Waals surface area contributed by atoms with Crippen LogP contribution in [0.5, 0.6) is 17.2 Å². The summed E-state index contributed by atoms with van der Waals surface area (Å²) in [5, 5.41) is 18.3. The molecule has 0 atom stereocenters. The molecule has 1 aromatic heterocycles. The largest absolute Gasteiger partial charge is 0.471 e. The molecular formula is C26H24N4O5. The monoisotopic (exact) mass is 472 g/mol. The van der Waals surface area contributed by atoms with Gasteiger partial charge < -0.3 is 14.8 Å². The number of amides is 1. The smallest absolute Gasteiger partial charge is 0.276 e. The van der Waals surface area contributed by atoms with E-state index in [9.17, 15) is 14.9 Å². The van der Waals surface area contributed by atoms with Crippen LogP contribution in [0.1, 0.15) is 27.2 Å².